The first-order chi connectivity index (χ1) is 4.87. The molecule has 0 atom stereocenters. The van der Waals surface area contributed by atoms with E-state index in [0.29, 0.717) is 0 Å². The summed E-state index contributed by atoms with van der Waals surface area (Å²) in [5.41, 5.74) is -0.00396. The third kappa shape index (κ3) is 2.33. The lowest BCUT2D eigenvalue weighted by atomic mass is 9.77. The summed E-state index contributed by atoms with van der Waals surface area (Å²) in [6.45, 7) is 10.6. The molecule has 66 valence electrons. The molecule has 0 aromatic carbocycles. The molecule has 0 aliphatic heterocycles. The normalized spacial score (nSPS) is 14.4. The van der Waals surface area contributed by atoms with Gasteiger partial charge in [-0.05, 0) is 20.8 Å². The van der Waals surface area contributed by atoms with Crippen molar-refractivity contribution >= 4 is 0 Å². The SMILES string of the molecule is C/C=C\C(C)(C)C(C)(C)OC. The first-order valence-electron chi connectivity index (χ1n) is 4.06. The predicted octanol–water partition coefficient (Wildman–Crippen LogP) is 3.01. The second-order valence-electron chi connectivity index (χ2n) is 3.94. The maximum Gasteiger partial charge on any atom is 0.0707 e. The van der Waals surface area contributed by atoms with E-state index < -0.39 is 0 Å². The Morgan fingerprint density at radius 3 is 1.82 bits per heavy atom. The number of ether oxygens (including phenoxy) is 1. The van der Waals surface area contributed by atoms with Gasteiger partial charge < -0.3 is 4.74 Å². The van der Waals surface area contributed by atoms with Crippen LogP contribution in [0.5, 0.6) is 0 Å². The molecule has 0 heterocycles. The Labute approximate surface area is 70.4 Å². The zero-order valence-corrected chi connectivity index (χ0v) is 8.56. The van der Waals surface area contributed by atoms with Gasteiger partial charge in [0.2, 0.25) is 0 Å². The fraction of sp³-hybridized carbons (Fsp3) is 0.800. The molecule has 0 aromatic heterocycles. The summed E-state index contributed by atoms with van der Waals surface area (Å²) in [4.78, 5) is 0. The van der Waals surface area contributed by atoms with Crippen LogP contribution in [-0.4, -0.2) is 12.7 Å². The van der Waals surface area contributed by atoms with Crippen LogP contribution in [0.25, 0.3) is 0 Å². The van der Waals surface area contributed by atoms with Gasteiger partial charge in [0.25, 0.3) is 0 Å². The minimum atomic E-state index is -0.0977. The van der Waals surface area contributed by atoms with Crippen LogP contribution in [0.2, 0.25) is 0 Å². The summed E-state index contributed by atoms with van der Waals surface area (Å²) in [5, 5.41) is 0. The van der Waals surface area contributed by atoms with Crippen LogP contribution in [0, 0.1) is 5.41 Å². The van der Waals surface area contributed by atoms with Crippen LogP contribution in [0.1, 0.15) is 34.6 Å². The van der Waals surface area contributed by atoms with Gasteiger partial charge in [-0.25, -0.2) is 0 Å². The van der Waals surface area contributed by atoms with Crippen molar-refractivity contribution in [3.63, 3.8) is 0 Å². The highest BCUT2D eigenvalue weighted by Crippen LogP contribution is 2.34. The number of hydrogen-bond donors (Lipinski definition) is 0. The summed E-state index contributed by atoms with van der Waals surface area (Å²) in [5.74, 6) is 0. The minimum Gasteiger partial charge on any atom is -0.378 e. The van der Waals surface area contributed by atoms with E-state index in [2.05, 4.69) is 39.8 Å². The quantitative estimate of drug-likeness (QED) is 0.571. The molecule has 0 bridgehead atoms. The average Bonchev–Trinajstić information content (AvgIpc) is 1.87. The van der Waals surface area contributed by atoms with E-state index in [0.717, 1.165) is 0 Å². The molecule has 0 amide bonds. The topological polar surface area (TPSA) is 9.23 Å². The molecule has 0 aromatic rings. The molecule has 0 aliphatic carbocycles. The summed E-state index contributed by atoms with van der Waals surface area (Å²) >= 11 is 0. The molecular formula is C10H20O. The molecule has 0 saturated heterocycles. The Balaban J connectivity index is 4.52. The van der Waals surface area contributed by atoms with Crippen LogP contribution < -0.4 is 0 Å². The van der Waals surface area contributed by atoms with E-state index in [1.807, 2.05) is 6.92 Å². The van der Waals surface area contributed by atoms with Crippen molar-refractivity contribution in [2.75, 3.05) is 7.11 Å². The predicted molar refractivity (Wildman–Crippen MR) is 49.7 cm³/mol. The Hall–Kier alpha value is -0.300. The van der Waals surface area contributed by atoms with Crippen molar-refractivity contribution in [1.82, 2.24) is 0 Å². The summed E-state index contributed by atoms with van der Waals surface area (Å²) in [7, 11) is 1.76. The van der Waals surface area contributed by atoms with Crippen LogP contribution >= 0.6 is 0 Å². The molecule has 11 heavy (non-hydrogen) atoms. The van der Waals surface area contributed by atoms with Gasteiger partial charge in [0.15, 0.2) is 0 Å². The average molecular weight is 156 g/mol. The van der Waals surface area contributed by atoms with Gasteiger partial charge in [0.05, 0.1) is 5.60 Å². The molecule has 1 nitrogen and oxygen atoms in total. The van der Waals surface area contributed by atoms with Gasteiger partial charge in [-0.15, -0.1) is 0 Å². The number of rotatable bonds is 3. The molecule has 0 fully saturated rings. The first kappa shape index (κ1) is 10.7. The lowest BCUT2D eigenvalue weighted by Gasteiger charge is -2.38. The second-order valence-corrected chi connectivity index (χ2v) is 3.94. The Kier molecular flexibility index (Phi) is 3.30. The van der Waals surface area contributed by atoms with E-state index in [1.54, 1.807) is 7.11 Å². The zero-order chi connectivity index (χ0) is 9.12. The van der Waals surface area contributed by atoms with Crippen molar-refractivity contribution in [1.29, 1.82) is 0 Å². The lowest BCUT2D eigenvalue weighted by Crippen LogP contribution is -2.39. The van der Waals surface area contributed by atoms with Gasteiger partial charge in [0, 0.05) is 12.5 Å². The maximum absolute atomic E-state index is 5.40. The third-order valence-electron chi connectivity index (χ3n) is 2.65. The van der Waals surface area contributed by atoms with Gasteiger partial charge in [-0.3, -0.25) is 0 Å². The molecule has 0 spiro atoms. The van der Waals surface area contributed by atoms with Crippen LogP contribution in [-0.2, 0) is 4.74 Å². The summed E-state index contributed by atoms with van der Waals surface area (Å²) < 4.78 is 5.40. The number of allylic oxidation sites excluding steroid dienone is 1. The Morgan fingerprint density at radius 1 is 1.09 bits per heavy atom. The number of hydrogen-bond acceptors (Lipinski definition) is 1. The smallest absolute Gasteiger partial charge is 0.0707 e. The summed E-state index contributed by atoms with van der Waals surface area (Å²) in [6, 6.07) is 0. The van der Waals surface area contributed by atoms with Crippen molar-refractivity contribution in [3.05, 3.63) is 12.2 Å². The molecule has 0 saturated carbocycles. The standard InChI is InChI=1S/C10H20O/c1-7-8-9(2,3)10(4,5)11-6/h7-8H,1-6H3/b8-7-. The monoisotopic (exact) mass is 156 g/mol. The second kappa shape index (κ2) is 3.40. The van der Waals surface area contributed by atoms with Gasteiger partial charge in [0.1, 0.15) is 0 Å². The molecule has 0 rings (SSSR count). The van der Waals surface area contributed by atoms with Crippen molar-refractivity contribution < 1.29 is 4.74 Å². The van der Waals surface area contributed by atoms with Crippen molar-refractivity contribution in [2.45, 2.75) is 40.2 Å². The van der Waals surface area contributed by atoms with Gasteiger partial charge >= 0.3 is 0 Å². The van der Waals surface area contributed by atoms with E-state index in [9.17, 15) is 0 Å². The third-order valence-corrected chi connectivity index (χ3v) is 2.65. The van der Waals surface area contributed by atoms with Crippen LogP contribution in [0.4, 0.5) is 0 Å². The number of methoxy groups -OCH3 is 1. The molecule has 0 aliphatic rings. The Bertz CT molecular complexity index is 143. The van der Waals surface area contributed by atoms with Gasteiger partial charge in [-0.2, -0.15) is 0 Å². The van der Waals surface area contributed by atoms with Gasteiger partial charge in [-0.1, -0.05) is 26.0 Å². The van der Waals surface area contributed by atoms with E-state index in [4.69, 9.17) is 4.74 Å². The maximum atomic E-state index is 5.40. The molecule has 0 unspecified atom stereocenters. The first-order valence-corrected chi connectivity index (χ1v) is 4.06. The lowest BCUT2D eigenvalue weighted by molar-refractivity contribution is -0.0485. The molecule has 1 heteroatoms. The van der Waals surface area contributed by atoms with E-state index in [1.165, 1.54) is 0 Å². The van der Waals surface area contributed by atoms with Crippen LogP contribution in [0.15, 0.2) is 12.2 Å². The van der Waals surface area contributed by atoms with Crippen molar-refractivity contribution in [3.8, 4) is 0 Å². The highest BCUT2D eigenvalue weighted by atomic mass is 16.5. The summed E-state index contributed by atoms with van der Waals surface area (Å²) in [6.07, 6.45) is 4.25. The fourth-order valence-corrected chi connectivity index (χ4v) is 0.880. The van der Waals surface area contributed by atoms with Crippen molar-refractivity contribution in [2.24, 2.45) is 5.41 Å². The van der Waals surface area contributed by atoms with Crippen LogP contribution in [0.3, 0.4) is 0 Å². The minimum absolute atomic E-state index is 0.0938. The Morgan fingerprint density at radius 2 is 1.55 bits per heavy atom. The van der Waals surface area contributed by atoms with E-state index >= 15 is 0 Å². The molecule has 0 N–H and O–H groups in total. The molecule has 0 radical (unpaired) electrons. The highest BCUT2D eigenvalue weighted by Gasteiger charge is 2.34. The largest absolute Gasteiger partial charge is 0.378 e. The molecular weight excluding hydrogens is 136 g/mol. The highest BCUT2D eigenvalue weighted by molar-refractivity contribution is 5.02. The zero-order valence-electron chi connectivity index (χ0n) is 8.56. The fourth-order valence-electron chi connectivity index (χ4n) is 0.880. The van der Waals surface area contributed by atoms with E-state index in [-0.39, 0.29) is 11.0 Å².